The number of ether oxygens (including phenoxy) is 1. The third-order valence-corrected chi connectivity index (χ3v) is 2.97. The van der Waals surface area contributed by atoms with E-state index in [9.17, 15) is 4.39 Å². The fourth-order valence-electron chi connectivity index (χ4n) is 1.89. The molecule has 0 saturated heterocycles. The summed E-state index contributed by atoms with van der Waals surface area (Å²) >= 11 is 0. The minimum absolute atomic E-state index is 0.187. The molecule has 1 aromatic heterocycles. The van der Waals surface area contributed by atoms with Crippen LogP contribution in [0.5, 0.6) is 5.75 Å². The number of halogens is 1. The van der Waals surface area contributed by atoms with Crippen LogP contribution in [-0.4, -0.2) is 12.1 Å². The van der Waals surface area contributed by atoms with Crippen molar-refractivity contribution >= 4 is 5.82 Å². The van der Waals surface area contributed by atoms with Crippen molar-refractivity contribution in [2.75, 3.05) is 12.8 Å². The molecule has 2 rings (SSSR count). The zero-order valence-corrected chi connectivity index (χ0v) is 10.6. The van der Waals surface area contributed by atoms with E-state index in [0.717, 1.165) is 11.1 Å². The van der Waals surface area contributed by atoms with E-state index in [1.54, 1.807) is 18.3 Å². The van der Waals surface area contributed by atoms with Gasteiger partial charge in [-0.2, -0.15) is 0 Å². The molecule has 1 unspecified atom stereocenters. The summed E-state index contributed by atoms with van der Waals surface area (Å²) in [7, 11) is 1.42. The minimum atomic E-state index is -0.403. The Labute approximate surface area is 111 Å². The first kappa shape index (κ1) is 13.3. The summed E-state index contributed by atoms with van der Waals surface area (Å²) in [5, 5.41) is 0. The SMILES string of the molecule is COc1cc(C(N)Cc2cccnc2N)ccc1F. The standard InChI is InChI=1S/C14H16FN3O/c1-19-13-8-9(4-5-11(13)15)12(16)7-10-3-2-6-18-14(10)17/h2-6,8,12H,7,16H2,1H3,(H2,17,18). The third-order valence-electron chi connectivity index (χ3n) is 2.97. The summed E-state index contributed by atoms with van der Waals surface area (Å²) < 4.78 is 18.3. The predicted molar refractivity (Wildman–Crippen MR) is 72.2 cm³/mol. The maximum Gasteiger partial charge on any atom is 0.165 e. The van der Waals surface area contributed by atoms with Gasteiger partial charge in [0.2, 0.25) is 0 Å². The lowest BCUT2D eigenvalue weighted by Crippen LogP contribution is -2.15. The second-order valence-electron chi connectivity index (χ2n) is 4.25. The summed E-state index contributed by atoms with van der Waals surface area (Å²) in [6, 6.07) is 8.00. The molecule has 0 aliphatic carbocycles. The summed E-state index contributed by atoms with van der Waals surface area (Å²) in [4.78, 5) is 4.01. The molecule has 1 heterocycles. The Balaban J connectivity index is 2.20. The van der Waals surface area contributed by atoms with Crippen LogP contribution in [0.3, 0.4) is 0 Å². The predicted octanol–water partition coefficient (Wildman–Crippen LogP) is 2.05. The topological polar surface area (TPSA) is 74.2 Å². The Morgan fingerprint density at radius 1 is 1.37 bits per heavy atom. The third kappa shape index (κ3) is 3.00. The molecule has 0 bridgehead atoms. The number of nitrogens with zero attached hydrogens (tertiary/aromatic N) is 1. The van der Waals surface area contributed by atoms with Gasteiger partial charge in [0, 0.05) is 12.2 Å². The number of nitrogen functional groups attached to an aromatic ring is 1. The van der Waals surface area contributed by atoms with Gasteiger partial charge >= 0.3 is 0 Å². The Hall–Kier alpha value is -2.14. The molecule has 0 radical (unpaired) electrons. The maximum absolute atomic E-state index is 13.3. The van der Waals surface area contributed by atoms with Crippen LogP contribution in [0.4, 0.5) is 10.2 Å². The van der Waals surface area contributed by atoms with Gasteiger partial charge in [-0.3, -0.25) is 0 Å². The van der Waals surface area contributed by atoms with Crippen LogP contribution in [0, 0.1) is 5.82 Å². The molecule has 5 heteroatoms. The van der Waals surface area contributed by atoms with Crippen molar-refractivity contribution in [3.8, 4) is 5.75 Å². The number of pyridine rings is 1. The number of aromatic nitrogens is 1. The first-order valence-electron chi connectivity index (χ1n) is 5.90. The second kappa shape index (κ2) is 5.67. The number of nitrogens with two attached hydrogens (primary N) is 2. The van der Waals surface area contributed by atoms with Crippen molar-refractivity contribution in [2.24, 2.45) is 5.73 Å². The normalized spacial score (nSPS) is 12.2. The number of anilines is 1. The van der Waals surface area contributed by atoms with E-state index in [1.807, 2.05) is 12.1 Å². The number of hydrogen-bond donors (Lipinski definition) is 2. The molecule has 4 nitrogen and oxygen atoms in total. The zero-order chi connectivity index (χ0) is 13.8. The summed E-state index contributed by atoms with van der Waals surface area (Å²) in [6.07, 6.45) is 2.17. The summed E-state index contributed by atoms with van der Waals surface area (Å²) in [5.41, 5.74) is 13.6. The van der Waals surface area contributed by atoms with E-state index >= 15 is 0 Å². The molecule has 0 spiro atoms. The van der Waals surface area contributed by atoms with Crippen molar-refractivity contribution < 1.29 is 9.13 Å². The van der Waals surface area contributed by atoms with Crippen molar-refractivity contribution in [3.05, 3.63) is 53.5 Å². The van der Waals surface area contributed by atoms with Crippen molar-refractivity contribution in [3.63, 3.8) is 0 Å². The van der Waals surface area contributed by atoms with Gasteiger partial charge in [0.05, 0.1) is 7.11 Å². The number of hydrogen-bond acceptors (Lipinski definition) is 4. The lowest BCUT2D eigenvalue weighted by molar-refractivity contribution is 0.385. The highest BCUT2D eigenvalue weighted by molar-refractivity contribution is 5.40. The van der Waals surface area contributed by atoms with Crippen LogP contribution in [0.2, 0.25) is 0 Å². The number of benzene rings is 1. The molecule has 1 aromatic carbocycles. The van der Waals surface area contributed by atoms with Gasteiger partial charge in [-0.05, 0) is 35.7 Å². The average molecular weight is 261 g/mol. The van der Waals surface area contributed by atoms with Crippen LogP contribution in [-0.2, 0) is 6.42 Å². The zero-order valence-electron chi connectivity index (χ0n) is 10.6. The van der Waals surface area contributed by atoms with Crippen LogP contribution < -0.4 is 16.2 Å². The molecule has 0 saturated carbocycles. The number of rotatable bonds is 4. The monoisotopic (exact) mass is 261 g/mol. The summed E-state index contributed by atoms with van der Waals surface area (Å²) in [5.74, 6) is 0.249. The smallest absolute Gasteiger partial charge is 0.165 e. The van der Waals surface area contributed by atoms with Crippen LogP contribution in [0.25, 0.3) is 0 Å². The average Bonchev–Trinajstić information content (AvgIpc) is 2.42. The molecule has 0 aliphatic heterocycles. The van der Waals surface area contributed by atoms with Crippen molar-refractivity contribution in [1.82, 2.24) is 4.98 Å². The molecule has 0 fully saturated rings. The molecule has 4 N–H and O–H groups in total. The molecular weight excluding hydrogens is 245 g/mol. The molecular formula is C14H16FN3O. The van der Waals surface area contributed by atoms with Crippen molar-refractivity contribution in [1.29, 1.82) is 0 Å². The Bertz CT molecular complexity index is 574. The summed E-state index contributed by atoms with van der Waals surface area (Å²) in [6.45, 7) is 0. The minimum Gasteiger partial charge on any atom is -0.494 e. The van der Waals surface area contributed by atoms with E-state index in [1.165, 1.54) is 13.2 Å². The lowest BCUT2D eigenvalue weighted by atomic mass is 10.00. The van der Waals surface area contributed by atoms with E-state index in [4.69, 9.17) is 16.2 Å². The first-order valence-corrected chi connectivity index (χ1v) is 5.90. The quantitative estimate of drug-likeness (QED) is 0.883. The molecule has 0 amide bonds. The second-order valence-corrected chi connectivity index (χ2v) is 4.25. The fraction of sp³-hybridized carbons (Fsp3) is 0.214. The lowest BCUT2D eigenvalue weighted by Gasteiger charge is -2.14. The highest BCUT2D eigenvalue weighted by Crippen LogP contribution is 2.24. The maximum atomic E-state index is 13.3. The van der Waals surface area contributed by atoms with E-state index in [0.29, 0.717) is 12.2 Å². The number of methoxy groups -OCH3 is 1. The van der Waals surface area contributed by atoms with Gasteiger partial charge in [-0.1, -0.05) is 12.1 Å². The van der Waals surface area contributed by atoms with Gasteiger partial charge in [-0.15, -0.1) is 0 Å². The van der Waals surface area contributed by atoms with Crippen LogP contribution in [0.1, 0.15) is 17.2 Å². The Morgan fingerprint density at radius 2 is 2.16 bits per heavy atom. The van der Waals surface area contributed by atoms with Gasteiger partial charge in [0.1, 0.15) is 5.82 Å². The van der Waals surface area contributed by atoms with Crippen molar-refractivity contribution in [2.45, 2.75) is 12.5 Å². The highest BCUT2D eigenvalue weighted by Gasteiger charge is 2.12. The highest BCUT2D eigenvalue weighted by atomic mass is 19.1. The molecule has 100 valence electrons. The fourth-order valence-corrected chi connectivity index (χ4v) is 1.89. The van der Waals surface area contributed by atoms with E-state index < -0.39 is 5.82 Å². The first-order chi connectivity index (χ1) is 9.11. The van der Waals surface area contributed by atoms with E-state index in [2.05, 4.69) is 4.98 Å². The molecule has 19 heavy (non-hydrogen) atoms. The van der Waals surface area contributed by atoms with Gasteiger partial charge < -0.3 is 16.2 Å². The Morgan fingerprint density at radius 3 is 2.84 bits per heavy atom. The van der Waals surface area contributed by atoms with Crippen LogP contribution >= 0.6 is 0 Å². The van der Waals surface area contributed by atoms with Gasteiger partial charge in [0.25, 0.3) is 0 Å². The van der Waals surface area contributed by atoms with Gasteiger partial charge in [0.15, 0.2) is 11.6 Å². The largest absolute Gasteiger partial charge is 0.494 e. The molecule has 2 aromatic rings. The van der Waals surface area contributed by atoms with E-state index in [-0.39, 0.29) is 11.8 Å². The van der Waals surface area contributed by atoms with Gasteiger partial charge in [-0.25, -0.2) is 9.37 Å². The molecule has 1 atom stereocenters. The van der Waals surface area contributed by atoms with Crippen LogP contribution in [0.15, 0.2) is 36.5 Å². The molecule has 0 aliphatic rings. The Kier molecular flexibility index (Phi) is 3.97.